The Kier molecular flexibility index (Phi) is 3.78. The molecule has 0 bridgehead atoms. The molecule has 1 aliphatic rings. The molecule has 0 atom stereocenters. The van der Waals surface area contributed by atoms with E-state index in [0.29, 0.717) is 17.3 Å². The number of rotatable bonds is 3. The fourth-order valence-corrected chi connectivity index (χ4v) is 3.25. The van der Waals surface area contributed by atoms with E-state index in [1.807, 2.05) is 36.2 Å². The number of carbonyl (C=O) groups is 1. The maximum Gasteiger partial charge on any atom is 0.255 e. The monoisotopic (exact) mass is 283 g/mol. The van der Waals surface area contributed by atoms with Crippen LogP contribution in [0.15, 0.2) is 30.5 Å². The number of nitrogen functional groups attached to an aromatic ring is 1. The van der Waals surface area contributed by atoms with Gasteiger partial charge in [-0.15, -0.1) is 0 Å². The number of hydrogen-bond acceptors (Lipinski definition) is 3. The summed E-state index contributed by atoms with van der Waals surface area (Å²) in [6.45, 7) is 0.831. The first-order valence-electron chi connectivity index (χ1n) is 7.55. The number of fused-ring (bicyclic) bond motifs is 1. The van der Waals surface area contributed by atoms with E-state index in [-0.39, 0.29) is 5.91 Å². The molecule has 3 rings (SSSR count). The molecule has 4 nitrogen and oxygen atoms in total. The van der Waals surface area contributed by atoms with Gasteiger partial charge in [0.25, 0.3) is 5.91 Å². The molecule has 0 unspecified atom stereocenters. The third kappa shape index (κ3) is 2.71. The molecule has 1 fully saturated rings. The van der Waals surface area contributed by atoms with Crippen molar-refractivity contribution in [3.63, 3.8) is 0 Å². The van der Waals surface area contributed by atoms with Crippen molar-refractivity contribution in [2.24, 2.45) is 5.92 Å². The van der Waals surface area contributed by atoms with Crippen LogP contribution in [0.4, 0.5) is 5.82 Å². The number of hydrogen-bond donors (Lipinski definition) is 1. The first-order valence-corrected chi connectivity index (χ1v) is 7.55. The third-order valence-corrected chi connectivity index (χ3v) is 4.41. The van der Waals surface area contributed by atoms with Crippen LogP contribution in [0.3, 0.4) is 0 Å². The van der Waals surface area contributed by atoms with Crippen LogP contribution in [0, 0.1) is 5.92 Å². The van der Waals surface area contributed by atoms with E-state index < -0.39 is 0 Å². The molecule has 110 valence electrons. The minimum atomic E-state index is 0.0330. The molecule has 0 radical (unpaired) electrons. The van der Waals surface area contributed by atoms with Gasteiger partial charge in [-0.05, 0) is 24.1 Å². The lowest BCUT2D eigenvalue weighted by Crippen LogP contribution is -2.31. The van der Waals surface area contributed by atoms with Crippen molar-refractivity contribution in [1.29, 1.82) is 0 Å². The second kappa shape index (κ2) is 5.72. The zero-order chi connectivity index (χ0) is 14.8. The smallest absolute Gasteiger partial charge is 0.255 e. The average Bonchev–Trinajstić information content (AvgIpc) is 3.00. The van der Waals surface area contributed by atoms with Gasteiger partial charge in [0.2, 0.25) is 0 Å². The van der Waals surface area contributed by atoms with Crippen LogP contribution in [-0.2, 0) is 0 Å². The van der Waals surface area contributed by atoms with E-state index >= 15 is 0 Å². The topological polar surface area (TPSA) is 59.2 Å². The number of carbonyl (C=O) groups excluding carboxylic acids is 1. The fraction of sp³-hybridized carbons (Fsp3) is 0.412. The van der Waals surface area contributed by atoms with Crippen LogP contribution >= 0.6 is 0 Å². The minimum absolute atomic E-state index is 0.0330. The lowest BCUT2D eigenvalue weighted by atomic mass is 10.0. The van der Waals surface area contributed by atoms with E-state index in [9.17, 15) is 4.79 Å². The molecular formula is C17H21N3O. The number of anilines is 1. The van der Waals surface area contributed by atoms with Crippen LogP contribution in [0.25, 0.3) is 10.8 Å². The Morgan fingerprint density at radius 3 is 2.67 bits per heavy atom. The highest BCUT2D eigenvalue weighted by atomic mass is 16.2. The third-order valence-electron chi connectivity index (χ3n) is 4.41. The number of pyridine rings is 1. The van der Waals surface area contributed by atoms with Crippen molar-refractivity contribution in [2.45, 2.75) is 25.7 Å². The van der Waals surface area contributed by atoms with Gasteiger partial charge in [-0.3, -0.25) is 4.79 Å². The highest BCUT2D eigenvalue weighted by Gasteiger charge is 2.21. The van der Waals surface area contributed by atoms with Gasteiger partial charge in [-0.1, -0.05) is 37.1 Å². The van der Waals surface area contributed by atoms with Crippen LogP contribution in [0.5, 0.6) is 0 Å². The zero-order valence-corrected chi connectivity index (χ0v) is 12.4. The van der Waals surface area contributed by atoms with E-state index in [0.717, 1.165) is 17.3 Å². The van der Waals surface area contributed by atoms with Crippen molar-refractivity contribution in [2.75, 3.05) is 19.3 Å². The molecule has 0 saturated heterocycles. The van der Waals surface area contributed by atoms with Gasteiger partial charge in [-0.25, -0.2) is 4.98 Å². The summed E-state index contributed by atoms with van der Waals surface area (Å²) in [4.78, 5) is 18.7. The van der Waals surface area contributed by atoms with Gasteiger partial charge >= 0.3 is 0 Å². The molecule has 1 aromatic heterocycles. The molecule has 4 heteroatoms. The number of nitrogens with two attached hydrogens (primary N) is 1. The van der Waals surface area contributed by atoms with Crippen molar-refractivity contribution in [1.82, 2.24) is 9.88 Å². The molecule has 1 heterocycles. The fourth-order valence-electron chi connectivity index (χ4n) is 3.25. The van der Waals surface area contributed by atoms with Crippen LogP contribution < -0.4 is 5.73 Å². The van der Waals surface area contributed by atoms with Crippen LogP contribution in [0.1, 0.15) is 36.0 Å². The summed E-state index contributed by atoms with van der Waals surface area (Å²) in [6.07, 6.45) is 6.65. The van der Waals surface area contributed by atoms with Crippen LogP contribution in [0.2, 0.25) is 0 Å². The molecule has 0 aliphatic heterocycles. The lowest BCUT2D eigenvalue weighted by Gasteiger charge is -2.21. The Bertz CT molecular complexity index is 662. The Hall–Kier alpha value is -2.10. The lowest BCUT2D eigenvalue weighted by molar-refractivity contribution is 0.0775. The number of benzene rings is 1. The predicted octanol–water partition coefficient (Wildman–Crippen LogP) is 3.08. The molecule has 21 heavy (non-hydrogen) atoms. The summed E-state index contributed by atoms with van der Waals surface area (Å²) >= 11 is 0. The maximum absolute atomic E-state index is 12.7. The maximum atomic E-state index is 12.7. The van der Waals surface area contributed by atoms with Gasteiger partial charge in [0, 0.05) is 25.2 Å². The number of aromatic nitrogens is 1. The number of nitrogens with zero attached hydrogens (tertiary/aromatic N) is 2. The normalized spacial score (nSPS) is 15.5. The molecule has 1 saturated carbocycles. The quantitative estimate of drug-likeness (QED) is 0.941. The first kappa shape index (κ1) is 13.9. The number of amides is 1. The molecule has 1 aromatic carbocycles. The summed E-state index contributed by atoms with van der Waals surface area (Å²) in [5.74, 6) is 1.15. The van der Waals surface area contributed by atoms with Gasteiger partial charge in [0.1, 0.15) is 5.82 Å². The van der Waals surface area contributed by atoms with E-state index in [4.69, 9.17) is 5.73 Å². The predicted molar refractivity (Wildman–Crippen MR) is 85.1 cm³/mol. The Morgan fingerprint density at radius 2 is 1.95 bits per heavy atom. The second-order valence-electron chi connectivity index (χ2n) is 5.94. The standard InChI is InChI=1S/C17H21N3O/c1-20(11-12-6-2-3-7-12)17(21)15-10-19-16(18)14-9-5-4-8-13(14)15/h4-5,8-10,12H,2-3,6-7,11H2,1H3,(H2,18,19). The summed E-state index contributed by atoms with van der Waals surface area (Å²) < 4.78 is 0. The highest BCUT2D eigenvalue weighted by molar-refractivity contribution is 6.08. The minimum Gasteiger partial charge on any atom is -0.383 e. The van der Waals surface area contributed by atoms with E-state index in [2.05, 4.69) is 4.98 Å². The van der Waals surface area contributed by atoms with Crippen molar-refractivity contribution in [3.8, 4) is 0 Å². The Morgan fingerprint density at radius 1 is 1.29 bits per heavy atom. The first-order chi connectivity index (χ1) is 10.2. The van der Waals surface area contributed by atoms with Gasteiger partial charge in [0.05, 0.1) is 5.56 Å². The second-order valence-corrected chi connectivity index (χ2v) is 5.94. The van der Waals surface area contributed by atoms with Gasteiger partial charge < -0.3 is 10.6 Å². The summed E-state index contributed by atoms with van der Waals surface area (Å²) in [5.41, 5.74) is 6.54. The van der Waals surface area contributed by atoms with E-state index in [1.165, 1.54) is 25.7 Å². The zero-order valence-electron chi connectivity index (χ0n) is 12.4. The van der Waals surface area contributed by atoms with Crippen LogP contribution in [-0.4, -0.2) is 29.4 Å². The van der Waals surface area contributed by atoms with Crippen molar-refractivity contribution < 1.29 is 4.79 Å². The molecule has 1 amide bonds. The van der Waals surface area contributed by atoms with Gasteiger partial charge in [-0.2, -0.15) is 0 Å². The van der Waals surface area contributed by atoms with Crippen molar-refractivity contribution in [3.05, 3.63) is 36.0 Å². The summed E-state index contributed by atoms with van der Waals surface area (Å²) in [6, 6.07) is 7.68. The Balaban J connectivity index is 1.88. The molecule has 1 aliphatic carbocycles. The highest BCUT2D eigenvalue weighted by Crippen LogP contribution is 2.27. The summed E-state index contributed by atoms with van der Waals surface area (Å²) in [7, 11) is 1.88. The molecule has 2 aromatic rings. The molecule has 2 N–H and O–H groups in total. The molecule has 0 spiro atoms. The summed E-state index contributed by atoms with van der Waals surface area (Å²) in [5, 5.41) is 1.73. The SMILES string of the molecule is CN(CC1CCCC1)C(=O)c1cnc(N)c2ccccc12. The Labute approximate surface area is 125 Å². The average molecular weight is 283 g/mol. The largest absolute Gasteiger partial charge is 0.383 e. The molecular weight excluding hydrogens is 262 g/mol. The van der Waals surface area contributed by atoms with Crippen molar-refractivity contribution >= 4 is 22.5 Å². The van der Waals surface area contributed by atoms with Gasteiger partial charge in [0.15, 0.2) is 0 Å². The van der Waals surface area contributed by atoms with E-state index in [1.54, 1.807) is 6.20 Å².